The number of carboxylic acid groups (broad SMARTS) is 2. The molecular formula is C27H31BrN4O9. The number of ether oxygens (including phenoxy) is 2. The Morgan fingerprint density at radius 3 is 2.29 bits per heavy atom. The molecule has 1 unspecified atom stereocenters. The number of pyridine rings is 1. The molecule has 0 spiro atoms. The molecule has 1 aliphatic heterocycles. The van der Waals surface area contributed by atoms with E-state index in [0.717, 1.165) is 0 Å². The zero-order chi connectivity index (χ0) is 29.9. The number of nitrogens with zero attached hydrogens (tertiary/aromatic N) is 3. The minimum Gasteiger partial charge on any atom is -0.481 e. The van der Waals surface area contributed by atoms with E-state index in [1.807, 2.05) is 0 Å². The number of hydrogen-bond acceptors (Lipinski definition) is 8. The van der Waals surface area contributed by atoms with E-state index in [-0.39, 0.29) is 69.1 Å². The highest BCUT2D eigenvalue weighted by Gasteiger charge is 2.48. The number of hydrogen-bond donors (Lipinski definition) is 3. The molecule has 1 aromatic carbocycles. The Labute approximate surface area is 243 Å². The maximum Gasteiger partial charge on any atom is 0.409 e. The average Bonchev–Trinajstić information content (AvgIpc) is 2.89. The van der Waals surface area contributed by atoms with Crippen LogP contribution >= 0.6 is 15.9 Å². The van der Waals surface area contributed by atoms with Crippen molar-refractivity contribution in [3.05, 3.63) is 33.9 Å². The number of aliphatic carboxylic acids is 2. The van der Waals surface area contributed by atoms with Crippen LogP contribution in [0.1, 0.15) is 61.0 Å². The van der Waals surface area contributed by atoms with Gasteiger partial charge in [0.05, 0.1) is 23.7 Å². The molecule has 1 saturated carbocycles. The lowest BCUT2D eigenvalue weighted by atomic mass is 9.80. The molecule has 2 heterocycles. The number of piperazine rings is 1. The van der Waals surface area contributed by atoms with Crippen molar-refractivity contribution in [2.75, 3.05) is 32.8 Å². The van der Waals surface area contributed by atoms with Gasteiger partial charge in [-0.1, -0.05) is 15.9 Å². The lowest BCUT2D eigenvalue weighted by Crippen LogP contribution is -2.52. The summed E-state index contributed by atoms with van der Waals surface area (Å²) in [4.78, 5) is 70.3. The first kappa shape index (κ1) is 30.0. The topological polar surface area (TPSA) is 190 Å². The second-order valence-corrected chi connectivity index (χ2v) is 10.9. The third kappa shape index (κ3) is 6.21. The number of nitrogens with two attached hydrogens (primary N) is 1. The summed E-state index contributed by atoms with van der Waals surface area (Å²) in [5, 5.41) is 19.7. The quantitative estimate of drug-likeness (QED) is 0.350. The Bertz CT molecular complexity index is 1390. The fourth-order valence-corrected chi connectivity index (χ4v) is 5.41. The Balaban J connectivity index is 1.81. The molecule has 0 bridgehead atoms. The molecule has 13 nitrogen and oxygen atoms in total. The van der Waals surface area contributed by atoms with Crippen LogP contribution in [0.15, 0.2) is 22.7 Å². The van der Waals surface area contributed by atoms with Crippen molar-refractivity contribution < 1.29 is 43.7 Å². The summed E-state index contributed by atoms with van der Waals surface area (Å²) in [5.41, 5.74) is 4.20. The number of benzene rings is 1. The van der Waals surface area contributed by atoms with Crippen LogP contribution < -0.4 is 10.5 Å². The molecule has 3 amide bonds. The van der Waals surface area contributed by atoms with Crippen molar-refractivity contribution >= 4 is 56.7 Å². The highest BCUT2D eigenvalue weighted by Crippen LogP contribution is 2.43. The molecule has 0 radical (unpaired) electrons. The minimum absolute atomic E-state index is 0.0861. The predicted octanol–water partition coefficient (Wildman–Crippen LogP) is 2.73. The van der Waals surface area contributed by atoms with Gasteiger partial charge in [-0.05, 0) is 50.8 Å². The van der Waals surface area contributed by atoms with Gasteiger partial charge in [0.1, 0.15) is 11.3 Å². The SMILES string of the molecule is CCOC(=O)N1CCN(C(=O)C(CCC(=O)O)c2nc3cc(Br)ccc3c(OC3(C(=O)O)CCC3)c2C(N)=O)CC1. The molecule has 41 heavy (non-hydrogen) atoms. The van der Waals surface area contributed by atoms with Crippen LogP contribution in [0.25, 0.3) is 10.9 Å². The summed E-state index contributed by atoms with van der Waals surface area (Å²) in [6, 6.07) is 4.90. The molecular weight excluding hydrogens is 604 g/mol. The number of amides is 3. The summed E-state index contributed by atoms with van der Waals surface area (Å²) in [7, 11) is 0. The van der Waals surface area contributed by atoms with Crippen LogP contribution in [0.3, 0.4) is 0 Å². The Morgan fingerprint density at radius 2 is 1.76 bits per heavy atom. The van der Waals surface area contributed by atoms with E-state index < -0.39 is 47.8 Å². The number of fused-ring (bicyclic) bond motifs is 1. The Kier molecular flexibility index (Phi) is 9.00. The molecule has 1 aromatic heterocycles. The van der Waals surface area contributed by atoms with Gasteiger partial charge in [-0.15, -0.1) is 0 Å². The first-order valence-electron chi connectivity index (χ1n) is 13.2. The molecule has 4 N–H and O–H groups in total. The van der Waals surface area contributed by atoms with Gasteiger partial charge in [0.15, 0.2) is 0 Å². The molecule has 2 aliphatic rings. The first-order chi connectivity index (χ1) is 19.5. The van der Waals surface area contributed by atoms with Gasteiger partial charge in [0.25, 0.3) is 5.91 Å². The lowest BCUT2D eigenvalue weighted by molar-refractivity contribution is -0.163. The fourth-order valence-electron chi connectivity index (χ4n) is 5.06. The molecule has 1 aliphatic carbocycles. The van der Waals surface area contributed by atoms with Gasteiger partial charge >= 0.3 is 18.0 Å². The maximum absolute atomic E-state index is 13.9. The molecule has 4 rings (SSSR count). The molecule has 1 atom stereocenters. The summed E-state index contributed by atoms with van der Waals surface area (Å²) in [5.74, 6) is -5.16. The van der Waals surface area contributed by atoms with Gasteiger partial charge in [-0.2, -0.15) is 0 Å². The number of carboxylic acids is 2. The fraction of sp³-hybridized carbons (Fsp3) is 0.481. The number of rotatable bonds is 10. The van der Waals surface area contributed by atoms with Crippen molar-refractivity contribution in [3.63, 3.8) is 0 Å². The van der Waals surface area contributed by atoms with Gasteiger partial charge < -0.3 is 35.2 Å². The number of primary amides is 1. The van der Waals surface area contributed by atoms with E-state index in [9.17, 15) is 34.2 Å². The normalized spacial score (nSPS) is 16.9. The maximum atomic E-state index is 13.9. The second-order valence-electron chi connectivity index (χ2n) is 9.98. The zero-order valence-electron chi connectivity index (χ0n) is 22.4. The number of carbonyl (C=O) groups excluding carboxylic acids is 3. The van der Waals surface area contributed by atoms with Gasteiger partial charge in [-0.3, -0.25) is 19.4 Å². The summed E-state index contributed by atoms with van der Waals surface area (Å²) in [6.45, 7) is 2.61. The van der Waals surface area contributed by atoms with Crippen molar-refractivity contribution in [3.8, 4) is 5.75 Å². The van der Waals surface area contributed by atoms with E-state index in [0.29, 0.717) is 21.8 Å². The van der Waals surface area contributed by atoms with Crippen molar-refractivity contribution in [2.45, 2.75) is 50.5 Å². The second kappa shape index (κ2) is 12.3. The van der Waals surface area contributed by atoms with Crippen LogP contribution in [0, 0.1) is 0 Å². The van der Waals surface area contributed by atoms with Gasteiger partial charge in [0, 0.05) is 42.5 Å². The summed E-state index contributed by atoms with van der Waals surface area (Å²) in [6.07, 6.45) is -0.0835. The van der Waals surface area contributed by atoms with Crippen LogP contribution in [0.5, 0.6) is 5.75 Å². The van der Waals surface area contributed by atoms with Crippen LogP contribution in [-0.2, 0) is 19.1 Å². The monoisotopic (exact) mass is 634 g/mol. The van der Waals surface area contributed by atoms with Crippen LogP contribution in [0.4, 0.5) is 4.79 Å². The van der Waals surface area contributed by atoms with Crippen LogP contribution in [0.2, 0.25) is 0 Å². The summed E-state index contributed by atoms with van der Waals surface area (Å²) >= 11 is 3.38. The highest BCUT2D eigenvalue weighted by atomic mass is 79.9. The first-order valence-corrected chi connectivity index (χ1v) is 14.0. The van der Waals surface area contributed by atoms with Crippen molar-refractivity contribution in [1.29, 1.82) is 0 Å². The average molecular weight is 635 g/mol. The predicted molar refractivity (Wildman–Crippen MR) is 148 cm³/mol. The lowest BCUT2D eigenvalue weighted by Gasteiger charge is -2.39. The molecule has 14 heteroatoms. The van der Waals surface area contributed by atoms with E-state index in [1.165, 1.54) is 9.80 Å². The van der Waals surface area contributed by atoms with Gasteiger partial charge in [0.2, 0.25) is 11.5 Å². The van der Waals surface area contributed by atoms with E-state index >= 15 is 0 Å². The highest BCUT2D eigenvalue weighted by molar-refractivity contribution is 9.10. The molecule has 220 valence electrons. The third-order valence-corrected chi connectivity index (χ3v) is 7.91. The standard InChI is InChI=1S/C27H31BrN4O9/c1-2-40-26(39)32-12-10-31(11-13-32)24(36)17(6-7-19(33)34)21-20(23(29)35)22(41-27(25(37)38)8-3-9-27)16-5-4-15(28)14-18(16)30-21/h4-5,14,17H,2-3,6-13H2,1H3,(H2,29,35)(H,33,34)(H,37,38). The number of halogens is 1. The Morgan fingerprint density at radius 1 is 1.10 bits per heavy atom. The largest absolute Gasteiger partial charge is 0.481 e. The van der Waals surface area contributed by atoms with Crippen molar-refractivity contribution in [2.24, 2.45) is 5.73 Å². The van der Waals surface area contributed by atoms with Crippen molar-refractivity contribution in [1.82, 2.24) is 14.8 Å². The smallest absolute Gasteiger partial charge is 0.409 e. The zero-order valence-corrected chi connectivity index (χ0v) is 24.0. The molecule has 1 saturated heterocycles. The number of aromatic nitrogens is 1. The minimum atomic E-state index is -1.58. The molecule has 2 fully saturated rings. The molecule has 2 aromatic rings. The third-order valence-electron chi connectivity index (χ3n) is 7.42. The van der Waals surface area contributed by atoms with Crippen LogP contribution in [-0.4, -0.2) is 93.2 Å². The number of carbonyl (C=O) groups is 5. The van der Waals surface area contributed by atoms with E-state index in [1.54, 1.807) is 25.1 Å². The van der Waals surface area contributed by atoms with E-state index in [2.05, 4.69) is 20.9 Å². The van der Waals surface area contributed by atoms with E-state index in [4.69, 9.17) is 15.2 Å². The Hall–Kier alpha value is -3.94. The van der Waals surface area contributed by atoms with Gasteiger partial charge in [-0.25, -0.2) is 9.59 Å². The summed E-state index contributed by atoms with van der Waals surface area (Å²) < 4.78 is 11.8.